The molecule has 0 unspecified atom stereocenters. The summed E-state index contributed by atoms with van der Waals surface area (Å²) in [7, 11) is -2.64. The van der Waals surface area contributed by atoms with E-state index in [4.69, 9.17) is 4.74 Å². The second-order valence-electron chi connectivity index (χ2n) is 9.77. The van der Waals surface area contributed by atoms with Crippen LogP contribution in [0, 0.1) is 20.8 Å². The van der Waals surface area contributed by atoms with Crippen LogP contribution in [0.25, 0.3) is 0 Å². The van der Waals surface area contributed by atoms with Crippen molar-refractivity contribution in [2.75, 3.05) is 49.0 Å². The first-order valence-corrected chi connectivity index (χ1v) is 14.4. The predicted octanol–water partition coefficient (Wildman–Crippen LogP) is 4.73. The molecule has 1 aliphatic rings. The molecule has 0 radical (unpaired) electrons. The van der Waals surface area contributed by atoms with Crippen LogP contribution in [-0.4, -0.2) is 59.1 Å². The van der Waals surface area contributed by atoms with Gasteiger partial charge in [-0.1, -0.05) is 37.3 Å². The standard InChI is InChI=1S/C30H37N3O4S/c1-6-25-11-13-26(14-12-25)33(38(35,36)29-20-22(2)10-15-28(29)37-5)21-30(34)32-18-16-31(17-19-32)27-9-7-8-23(3)24(27)4/h7-15,20H,6,16-19,21H2,1-5H3. The second kappa shape index (κ2) is 11.5. The van der Waals surface area contributed by atoms with Crippen LogP contribution < -0.4 is 13.9 Å². The fourth-order valence-corrected chi connectivity index (χ4v) is 6.47. The van der Waals surface area contributed by atoms with Crippen molar-refractivity contribution in [1.29, 1.82) is 0 Å². The van der Waals surface area contributed by atoms with Gasteiger partial charge in [0.15, 0.2) is 0 Å². The van der Waals surface area contributed by atoms with Crippen LogP contribution in [-0.2, 0) is 21.2 Å². The van der Waals surface area contributed by atoms with Crippen LogP contribution in [0.5, 0.6) is 5.75 Å². The van der Waals surface area contributed by atoms with Crippen LogP contribution in [0.4, 0.5) is 11.4 Å². The molecule has 8 heteroatoms. The van der Waals surface area contributed by atoms with Gasteiger partial charge < -0.3 is 14.5 Å². The number of sulfonamides is 1. The van der Waals surface area contributed by atoms with Gasteiger partial charge in [0.2, 0.25) is 5.91 Å². The van der Waals surface area contributed by atoms with Crippen molar-refractivity contribution in [3.63, 3.8) is 0 Å². The molecule has 1 heterocycles. The minimum atomic E-state index is -4.09. The number of piperazine rings is 1. The summed E-state index contributed by atoms with van der Waals surface area (Å²) in [5, 5.41) is 0. The largest absolute Gasteiger partial charge is 0.495 e. The van der Waals surface area contributed by atoms with Gasteiger partial charge >= 0.3 is 0 Å². The molecule has 7 nitrogen and oxygen atoms in total. The van der Waals surface area contributed by atoms with Crippen molar-refractivity contribution < 1.29 is 17.9 Å². The molecular formula is C30H37N3O4S. The van der Waals surface area contributed by atoms with Gasteiger partial charge in [0.05, 0.1) is 12.8 Å². The Morgan fingerprint density at radius 1 is 0.947 bits per heavy atom. The lowest BCUT2D eigenvalue weighted by molar-refractivity contribution is -0.129. The van der Waals surface area contributed by atoms with Crippen molar-refractivity contribution >= 4 is 27.3 Å². The number of amides is 1. The Morgan fingerprint density at radius 2 is 1.63 bits per heavy atom. The third-order valence-electron chi connectivity index (χ3n) is 7.35. The monoisotopic (exact) mass is 535 g/mol. The van der Waals surface area contributed by atoms with Crippen LogP contribution in [0.2, 0.25) is 0 Å². The van der Waals surface area contributed by atoms with Gasteiger partial charge in [-0.25, -0.2) is 8.42 Å². The predicted molar refractivity (Wildman–Crippen MR) is 153 cm³/mol. The zero-order valence-corrected chi connectivity index (χ0v) is 23.7. The van der Waals surface area contributed by atoms with Gasteiger partial charge in [0.25, 0.3) is 10.0 Å². The fourth-order valence-electron chi connectivity index (χ4n) is 4.81. The number of nitrogens with zero attached hydrogens (tertiary/aromatic N) is 3. The summed E-state index contributed by atoms with van der Waals surface area (Å²) >= 11 is 0. The maximum absolute atomic E-state index is 14.0. The Kier molecular flexibility index (Phi) is 8.31. The van der Waals surface area contributed by atoms with Crippen molar-refractivity contribution in [3.05, 3.63) is 82.9 Å². The zero-order valence-electron chi connectivity index (χ0n) is 22.9. The van der Waals surface area contributed by atoms with Crippen LogP contribution >= 0.6 is 0 Å². The summed E-state index contributed by atoms with van der Waals surface area (Å²) in [5.41, 5.74) is 6.00. The molecule has 0 bridgehead atoms. The summed E-state index contributed by atoms with van der Waals surface area (Å²) in [6.07, 6.45) is 0.836. The number of carbonyl (C=O) groups excluding carboxylic acids is 1. The Labute approximate surface area is 226 Å². The summed E-state index contributed by atoms with van der Waals surface area (Å²) < 4.78 is 34.6. The number of carbonyl (C=O) groups is 1. The van der Waals surface area contributed by atoms with Gasteiger partial charge in [0.1, 0.15) is 17.2 Å². The highest BCUT2D eigenvalue weighted by Gasteiger charge is 2.32. The van der Waals surface area contributed by atoms with Crippen LogP contribution in [0.15, 0.2) is 65.6 Å². The molecule has 0 spiro atoms. The van der Waals surface area contributed by atoms with E-state index in [1.165, 1.54) is 28.2 Å². The van der Waals surface area contributed by atoms with E-state index in [-0.39, 0.29) is 23.1 Å². The Bertz CT molecular complexity index is 1400. The normalized spacial score (nSPS) is 13.9. The maximum atomic E-state index is 14.0. The highest BCUT2D eigenvalue weighted by Crippen LogP contribution is 2.31. The first kappa shape index (κ1) is 27.5. The minimum absolute atomic E-state index is 0.0482. The molecule has 3 aromatic carbocycles. The lowest BCUT2D eigenvalue weighted by atomic mass is 10.1. The van der Waals surface area contributed by atoms with E-state index < -0.39 is 10.0 Å². The molecular weight excluding hydrogens is 498 g/mol. The third kappa shape index (κ3) is 5.65. The van der Waals surface area contributed by atoms with Gasteiger partial charge in [-0.3, -0.25) is 9.10 Å². The average Bonchev–Trinajstić information content (AvgIpc) is 2.93. The van der Waals surface area contributed by atoms with Crippen molar-refractivity contribution in [3.8, 4) is 5.75 Å². The molecule has 0 atom stereocenters. The number of benzene rings is 3. The summed E-state index contributed by atoms with van der Waals surface area (Å²) in [6.45, 7) is 10.3. The van der Waals surface area contributed by atoms with Gasteiger partial charge in [-0.15, -0.1) is 0 Å². The van der Waals surface area contributed by atoms with Crippen LogP contribution in [0.1, 0.15) is 29.2 Å². The molecule has 1 saturated heterocycles. The summed E-state index contributed by atoms with van der Waals surface area (Å²) in [4.78, 5) is 17.6. The molecule has 3 aromatic rings. The lowest BCUT2D eigenvalue weighted by Gasteiger charge is -2.38. The van der Waals surface area contributed by atoms with E-state index in [0.717, 1.165) is 17.5 Å². The molecule has 202 valence electrons. The molecule has 1 aliphatic heterocycles. The van der Waals surface area contributed by atoms with Crippen molar-refractivity contribution in [2.24, 2.45) is 0 Å². The van der Waals surface area contributed by atoms with E-state index in [2.05, 4.69) is 36.9 Å². The van der Waals surface area contributed by atoms with E-state index in [0.29, 0.717) is 31.9 Å². The number of aryl methyl sites for hydroxylation is 3. The Morgan fingerprint density at radius 3 is 2.26 bits per heavy atom. The third-order valence-corrected chi connectivity index (χ3v) is 9.14. The summed E-state index contributed by atoms with van der Waals surface area (Å²) in [5.74, 6) is 0.0285. The first-order chi connectivity index (χ1) is 18.1. The van der Waals surface area contributed by atoms with Crippen LogP contribution in [0.3, 0.4) is 0 Å². The van der Waals surface area contributed by atoms with E-state index >= 15 is 0 Å². The Balaban J connectivity index is 1.59. The number of hydrogen-bond donors (Lipinski definition) is 0. The quantitative estimate of drug-likeness (QED) is 0.417. The minimum Gasteiger partial charge on any atom is -0.495 e. The van der Waals surface area contributed by atoms with E-state index in [1.54, 1.807) is 35.2 Å². The molecule has 4 rings (SSSR count). The fraction of sp³-hybridized carbons (Fsp3) is 0.367. The van der Waals surface area contributed by atoms with Gasteiger partial charge in [-0.05, 0) is 79.8 Å². The second-order valence-corrected chi connectivity index (χ2v) is 11.6. The van der Waals surface area contributed by atoms with Crippen molar-refractivity contribution in [2.45, 2.75) is 39.0 Å². The number of anilines is 2. The number of ether oxygens (including phenoxy) is 1. The number of hydrogen-bond acceptors (Lipinski definition) is 5. The zero-order chi connectivity index (χ0) is 27.4. The smallest absolute Gasteiger partial charge is 0.268 e. The summed E-state index contributed by atoms with van der Waals surface area (Å²) in [6, 6.07) is 18.7. The molecule has 38 heavy (non-hydrogen) atoms. The van der Waals surface area contributed by atoms with Gasteiger partial charge in [-0.2, -0.15) is 0 Å². The van der Waals surface area contributed by atoms with Crippen molar-refractivity contribution in [1.82, 2.24) is 4.90 Å². The topological polar surface area (TPSA) is 70.2 Å². The molecule has 1 fully saturated rings. The Hall–Kier alpha value is -3.52. The first-order valence-electron chi connectivity index (χ1n) is 13.0. The molecule has 0 saturated carbocycles. The average molecular weight is 536 g/mol. The SMILES string of the molecule is CCc1ccc(N(CC(=O)N2CCN(c3cccc(C)c3C)CC2)S(=O)(=O)c2cc(C)ccc2OC)cc1. The number of methoxy groups -OCH3 is 1. The highest BCUT2D eigenvalue weighted by molar-refractivity contribution is 7.93. The van der Waals surface area contributed by atoms with E-state index in [9.17, 15) is 13.2 Å². The maximum Gasteiger partial charge on any atom is 0.268 e. The number of rotatable bonds is 8. The highest BCUT2D eigenvalue weighted by atomic mass is 32.2. The van der Waals surface area contributed by atoms with Gasteiger partial charge in [0, 0.05) is 31.9 Å². The molecule has 0 aliphatic carbocycles. The molecule has 1 amide bonds. The molecule has 0 aromatic heterocycles. The lowest BCUT2D eigenvalue weighted by Crippen LogP contribution is -2.52. The molecule has 0 N–H and O–H groups in total. The van der Waals surface area contributed by atoms with E-state index in [1.807, 2.05) is 26.0 Å².